The SMILES string of the molecule is CCC(N)C(c1ccc(Br)cc1)N1CCSC(C)(C)CC1. The third kappa shape index (κ3) is 4.72. The van der Waals surface area contributed by atoms with Gasteiger partial charge in [0.25, 0.3) is 0 Å². The zero-order valence-corrected chi connectivity index (χ0v) is 15.7. The largest absolute Gasteiger partial charge is 0.326 e. The van der Waals surface area contributed by atoms with Crippen LogP contribution in [0.15, 0.2) is 28.7 Å². The summed E-state index contributed by atoms with van der Waals surface area (Å²) in [7, 11) is 0. The van der Waals surface area contributed by atoms with Crippen LogP contribution in [0.25, 0.3) is 0 Å². The van der Waals surface area contributed by atoms with Gasteiger partial charge in [0.15, 0.2) is 0 Å². The summed E-state index contributed by atoms with van der Waals surface area (Å²) in [6.07, 6.45) is 2.23. The van der Waals surface area contributed by atoms with E-state index in [1.165, 1.54) is 17.7 Å². The zero-order chi connectivity index (χ0) is 15.5. The van der Waals surface area contributed by atoms with Crippen LogP contribution in [-0.2, 0) is 0 Å². The van der Waals surface area contributed by atoms with Crippen LogP contribution in [0.3, 0.4) is 0 Å². The van der Waals surface area contributed by atoms with Gasteiger partial charge in [0.05, 0.1) is 0 Å². The van der Waals surface area contributed by atoms with Gasteiger partial charge >= 0.3 is 0 Å². The molecule has 2 atom stereocenters. The second kappa shape index (κ2) is 7.49. The van der Waals surface area contributed by atoms with Crippen molar-refractivity contribution >= 4 is 27.7 Å². The highest BCUT2D eigenvalue weighted by atomic mass is 79.9. The smallest absolute Gasteiger partial charge is 0.0499 e. The minimum Gasteiger partial charge on any atom is -0.326 e. The first kappa shape index (κ1) is 17.3. The molecule has 0 amide bonds. The van der Waals surface area contributed by atoms with Crippen molar-refractivity contribution in [2.45, 2.75) is 50.4 Å². The Balaban J connectivity index is 2.21. The number of nitrogens with two attached hydrogens (primary N) is 1. The zero-order valence-electron chi connectivity index (χ0n) is 13.3. The van der Waals surface area contributed by atoms with Crippen LogP contribution in [0.4, 0.5) is 0 Å². The van der Waals surface area contributed by atoms with Gasteiger partial charge in [-0.3, -0.25) is 4.90 Å². The van der Waals surface area contributed by atoms with Gasteiger partial charge in [-0.25, -0.2) is 0 Å². The Morgan fingerprint density at radius 2 is 1.95 bits per heavy atom. The average Bonchev–Trinajstić information content (AvgIpc) is 2.62. The molecule has 1 aliphatic heterocycles. The molecule has 118 valence electrons. The first-order chi connectivity index (χ1) is 9.93. The summed E-state index contributed by atoms with van der Waals surface area (Å²) in [5, 5.41) is 0. The summed E-state index contributed by atoms with van der Waals surface area (Å²) in [6.45, 7) is 9.16. The summed E-state index contributed by atoms with van der Waals surface area (Å²) >= 11 is 5.61. The Hall–Kier alpha value is -0.0300. The van der Waals surface area contributed by atoms with Gasteiger partial charge in [-0.2, -0.15) is 11.8 Å². The third-order valence-corrected chi connectivity index (χ3v) is 6.26. The van der Waals surface area contributed by atoms with Crippen molar-refractivity contribution in [3.8, 4) is 0 Å². The monoisotopic (exact) mass is 370 g/mol. The molecule has 4 heteroatoms. The maximum atomic E-state index is 6.48. The Kier molecular flexibility index (Phi) is 6.18. The number of benzene rings is 1. The van der Waals surface area contributed by atoms with Crippen molar-refractivity contribution in [2.75, 3.05) is 18.8 Å². The number of nitrogens with zero attached hydrogens (tertiary/aromatic N) is 1. The normalized spacial score (nSPS) is 22.5. The maximum Gasteiger partial charge on any atom is 0.0499 e. The van der Waals surface area contributed by atoms with Crippen LogP contribution in [0.1, 0.15) is 45.2 Å². The summed E-state index contributed by atoms with van der Waals surface area (Å²) in [5.41, 5.74) is 7.82. The van der Waals surface area contributed by atoms with Crippen LogP contribution in [0.2, 0.25) is 0 Å². The van der Waals surface area contributed by atoms with E-state index in [2.05, 4.69) is 77.6 Å². The summed E-state index contributed by atoms with van der Waals surface area (Å²) in [5.74, 6) is 1.19. The van der Waals surface area contributed by atoms with Gasteiger partial charge in [-0.1, -0.05) is 48.8 Å². The Bertz CT molecular complexity index is 447. The lowest BCUT2D eigenvalue weighted by atomic mass is 9.95. The Labute approximate surface area is 142 Å². The predicted octanol–water partition coefficient (Wildman–Crippen LogP) is 4.45. The molecule has 2 N–H and O–H groups in total. The lowest BCUT2D eigenvalue weighted by Crippen LogP contribution is -2.42. The average molecular weight is 371 g/mol. The maximum absolute atomic E-state index is 6.48. The van der Waals surface area contributed by atoms with Crippen molar-refractivity contribution in [1.82, 2.24) is 4.90 Å². The molecule has 1 saturated heterocycles. The number of hydrogen-bond acceptors (Lipinski definition) is 3. The molecule has 2 nitrogen and oxygen atoms in total. The highest BCUT2D eigenvalue weighted by molar-refractivity contribution is 9.10. The third-order valence-electron chi connectivity index (χ3n) is 4.35. The topological polar surface area (TPSA) is 29.3 Å². The summed E-state index contributed by atoms with van der Waals surface area (Å²) in [4.78, 5) is 2.60. The van der Waals surface area contributed by atoms with Crippen molar-refractivity contribution < 1.29 is 0 Å². The first-order valence-electron chi connectivity index (χ1n) is 7.82. The van der Waals surface area contributed by atoms with Crippen molar-refractivity contribution in [1.29, 1.82) is 0 Å². The Morgan fingerprint density at radius 3 is 2.57 bits per heavy atom. The highest BCUT2D eigenvalue weighted by Gasteiger charge is 2.30. The fourth-order valence-corrected chi connectivity index (χ4v) is 4.30. The van der Waals surface area contributed by atoms with E-state index in [1.807, 2.05) is 0 Å². The fraction of sp³-hybridized carbons (Fsp3) is 0.647. The fourth-order valence-electron chi connectivity index (χ4n) is 2.93. The minimum absolute atomic E-state index is 0.192. The number of hydrogen-bond donors (Lipinski definition) is 1. The molecular formula is C17H27BrN2S. The van der Waals surface area contributed by atoms with Crippen molar-refractivity contribution in [2.24, 2.45) is 5.73 Å². The lowest BCUT2D eigenvalue weighted by Gasteiger charge is -2.35. The summed E-state index contributed by atoms with van der Waals surface area (Å²) < 4.78 is 1.51. The molecule has 1 aliphatic rings. The van der Waals surface area contributed by atoms with Gasteiger partial charge in [-0.05, 0) is 30.5 Å². The van der Waals surface area contributed by atoms with E-state index < -0.39 is 0 Å². The number of halogens is 1. The van der Waals surface area contributed by atoms with Gasteiger partial charge in [0.2, 0.25) is 0 Å². The molecule has 0 spiro atoms. The van der Waals surface area contributed by atoms with Gasteiger partial charge in [0.1, 0.15) is 0 Å². The highest BCUT2D eigenvalue weighted by Crippen LogP contribution is 2.35. The van der Waals surface area contributed by atoms with Crippen LogP contribution >= 0.6 is 27.7 Å². The van der Waals surface area contributed by atoms with E-state index in [9.17, 15) is 0 Å². The van der Waals surface area contributed by atoms with Gasteiger partial charge < -0.3 is 5.73 Å². The van der Waals surface area contributed by atoms with E-state index in [0.29, 0.717) is 10.8 Å². The van der Waals surface area contributed by atoms with Gasteiger partial charge in [-0.15, -0.1) is 0 Å². The lowest BCUT2D eigenvalue weighted by molar-refractivity contribution is 0.177. The quantitative estimate of drug-likeness (QED) is 0.848. The molecule has 1 aromatic carbocycles. The molecule has 0 aliphatic carbocycles. The first-order valence-corrected chi connectivity index (χ1v) is 9.60. The van der Waals surface area contributed by atoms with E-state index in [4.69, 9.17) is 5.73 Å². The molecule has 0 bridgehead atoms. The minimum atomic E-state index is 0.192. The number of rotatable bonds is 4. The molecule has 2 unspecified atom stereocenters. The molecular weight excluding hydrogens is 344 g/mol. The molecule has 2 rings (SSSR count). The predicted molar refractivity (Wildman–Crippen MR) is 97.9 cm³/mol. The second-order valence-electron chi connectivity index (χ2n) is 6.46. The molecule has 0 saturated carbocycles. The van der Waals surface area contributed by atoms with Crippen LogP contribution < -0.4 is 5.73 Å². The molecule has 1 fully saturated rings. The van der Waals surface area contributed by atoms with E-state index in [-0.39, 0.29) is 6.04 Å². The molecule has 0 aromatic heterocycles. The van der Waals surface area contributed by atoms with E-state index in [1.54, 1.807) is 0 Å². The van der Waals surface area contributed by atoms with Crippen molar-refractivity contribution in [3.63, 3.8) is 0 Å². The summed E-state index contributed by atoms with van der Waals surface area (Å²) in [6, 6.07) is 9.21. The standard InChI is InChI=1S/C17H27BrN2S/c1-4-15(19)16(13-5-7-14(18)8-6-13)20-10-9-17(2,3)21-12-11-20/h5-8,15-16H,4,9-12,19H2,1-3H3. The van der Waals surface area contributed by atoms with E-state index in [0.717, 1.165) is 24.0 Å². The van der Waals surface area contributed by atoms with Crippen LogP contribution in [0, 0.1) is 0 Å². The molecule has 1 heterocycles. The van der Waals surface area contributed by atoms with Crippen molar-refractivity contribution in [3.05, 3.63) is 34.3 Å². The van der Waals surface area contributed by atoms with Crippen LogP contribution in [0.5, 0.6) is 0 Å². The number of thioether (sulfide) groups is 1. The van der Waals surface area contributed by atoms with Gasteiger partial charge in [0, 0.05) is 40.1 Å². The molecule has 1 aromatic rings. The molecule has 21 heavy (non-hydrogen) atoms. The van der Waals surface area contributed by atoms with Crippen LogP contribution in [-0.4, -0.2) is 34.5 Å². The molecule has 0 radical (unpaired) electrons. The Morgan fingerprint density at radius 1 is 1.29 bits per heavy atom. The second-order valence-corrected chi connectivity index (χ2v) is 9.18. The van der Waals surface area contributed by atoms with E-state index >= 15 is 0 Å².